The van der Waals surface area contributed by atoms with Crippen LogP contribution in [-0.4, -0.2) is 56.1 Å². The number of alkyl halides is 3. The molecule has 37 heavy (non-hydrogen) atoms. The van der Waals surface area contributed by atoms with Crippen molar-refractivity contribution in [2.75, 3.05) is 13.2 Å². The van der Waals surface area contributed by atoms with E-state index in [1.807, 2.05) is 0 Å². The van der Waals surface area contributed by atoms with E-state index in [0.29, 0.717) is 27.6 Å². The SMILES string of the molecule is N=C(N)NOCCCOc1ccc2c(c1)CN(S(=O)(=O)c1ccccc1)[C@H](C(=O)OC(=O)C(F)(F)F)C2. The Hall–Kier alpha value is -3.69. The Labute approximate surface area is 209 Å². The highest BCUT2D eigenvalue weighted by Gasteiger charge is 2.46. The monoisotopic (exact) mass is 544 g/mol. The van der Waals surface area contributed by atoms with Gasteiger partial charge in [-0.1, -0.05) is 24.3 Å². The molecule has 0 amide bonds. The van der Waals surface area contributed by atoms with Gasteiger partial charge >= 0.3 is 18.1 Å². The number of hydrogen-bond acceptors (Lipinski definition) is 8. The van der Waals surface area contributed by atoms with Crippen LogP contribution in [0.1, 0.15) is 17.5 Å². The molecule has 2 aromatic rings. The van der Waals surface area contributed by atoms with Crippen LogP contribution in [-0.2, 0) is 42.2 Å². The van der Waals surface area contributed by atoms with E-state index in [9.17, 15) is 31.2 Å². The molecule has 1 aliphatic rings. The van der Waals surface area contributed by atoms with Gasteiger partial charge in [-0.3, -0.25) is 10.2 Å². The molecule has 0 fully saturated rings. The van der Waals surface area contributed by atoms with Gasteiger partial charge in [0, 0.05) is 19.4 Å². The molecule has 11 nitrogen and oxygen atoms in total. The van der Waals surface area contributed by atoms with Gasteiger partial charge in [-0.15, -0.1) is 0 Å². The van der Waals surface area contributed by atoms with Crippen LogP contribution >= 0.6 is 0 Å². The van der Waals surface area contributed by atoms with Crippen LogP contribution < -0.4 is 16.0 Å². The summed E-state index contributed by atoms with van der Waals surface area (Å²) in [6.45, 7) is 0.0162. The lowest BCUT2D eigenvalue weighted by atomic mass is 9.95. The molecular formula is C22H23F3N4O7S. The Kier molecular flexibility index (Phi) is 8.73. The molecule has 0 unspecified atom stereocenters. The molecule has 1 aliphatic heterocycles. The van der Waals surface area contributed by atoms with E-state index in [-0.39, 0.29) is 37.0 Å². The van der Waals surface area contributed by atoms with Gasteiger partial charge in [0.1, 0.15) is 11.8 Å². The van der Waals surface area contributed by atoms with E-state index >= 15 is 0 Å². The predicted molar refractivity (Wildman–Crippen MR) is 121 cm³/mol. The number of nitrogens with two attached hydrogens (primary N) is 1. The summed E-state index contributed by atoms with van der Waals surface area (Å²) in [5.41, 5.74) is 8.19. The molecule has 200 valence electrons. The number of ether oxygens (including phenoxy) is 2. The number of benzene rings is 2. The van der Waals surface area contributed by atoms with Gasteiger partial charge in [-0.2, -0.15) is 17.5 Å². The van der Waals surface area contributed by atoms with Crippen molar-refractivity contribution in [2.45, 2.75) is 36.5 Å². The Morgan fingerprint density at radius 2 is 1.81 bits per heavy atom. The number of hydrogen-bond donors (Lipinski definition) is 3. The fourth-order valence-corrected chi connectivity index (χ4v) is 5.05. The summed E-state index contributed by atoms with van der Waals surface area (Å²) in [6.07, 6.45) is -5.33. The van der Waals surface area contributed by atoms with Gasteiger partial charge in [-0.25, -0.2) is 23.5 Å². The number of fused-ring (bicyclic) bond motifs is 1. The summed E-state index contributed by atoms with van der Waals surface area (Å²) < 4.78 is 75.0. The third-order valence-corrected chi connectivity index (χ3v) is 7.02. The Balaban J connectivity index is 1.82. The summed E-state index contributed by atoms with van der Waals surface area (Å²) in [7, 11) is -4.37. The molecule has 0 aromatic heterocycles. The average molecular weight is 545 g/mol. The number of esters is 2. The van der Waals surface area contributed by atoms with Crippen LogP contribution in [0.25, 0.3) is 0 Å². The highest BCUT2D eigenvalue weighted by atomic mass is 32.2. The number of guanidine groups is 1. The van der Waals surface area contributed by atoms with Gasteiger partial charge in [0.05, 0.1) is 18.1 Å². The molecule has 2 aromatic carbocycles. The fourth-order valence-electron chi connectivity index (χ4n) is 3.47. The predicted octanol–water partition coefficient (Wildman–Crippen LogP) is 1.62. The molecule has 1 atom stereocenters. The largest absolute Gasteiger partial charge is 0.493 e. The van der Waals surface area contributed by atoms with Crippen LogP contribution in [0, 0.1) is 5.41 Å². The zero-order valence-electron chi connectivity index (χ0n) is 19.2. The standard InChI is InChI=1S/C22H23F3N4O7S/c23-22(24,25)20(31)36-19(30)18-12-14-7-8-16(34-9-4-10-35-28-21(26)27)11-15(14)13-29(18)37(32,33)17-5-2-1-3-6-17/h1-3,5-8,11,18H,4,9-10,12-13H2,(H4,26,27,28)/t18-/m0/s1. The molecule has 3 rings (SSSR count). The van der Waals surface area contributed by atoms with E-state index in [1.54, 1.807) is 24.3 Å². The quantitative estimate of drug-likeness (QED) is 0.106. The normalized spacial score (nSPS) is 15.9. The van der Waals surface area contributed by atoms with Crippen molar-refractivity contribution in [2.24, 2.45) is 5.73 Å². The van der Waals surface area contributed by atoms with Crippen LogP contribution in [0.3, 0.4) is 0 Å². The van der Waals surface area contributed by atoms with E-state index in [0.717, 1.165) is 0 Å². The number of rotatable bonds is 9. The van der Waals surface area contributed by atoms with Crippen LogP contribution in [0.4, 0.5) is 13.2 Å². The highest BCUT2D eigenvalue weighted by molar-refractivity contribution is 7.89. The molecule has 0 spiro atoms. The van der Waals surface area contributed by atoms with Crippen LogP contribution in [0.5, 0.6) is 5.75 Å². The zero-order chi connectivity index (χ0) is 27.2. The van der Waals surface area contributed by atoms with Gasteiger partial charge in [-0.05, 0) is 35.4 Å². The average Bonchev–Trinajstić information content (AvgIpc) is 2.85. The number of sulfonamides is 1. The number of carbonyl (C=O) groups excluding carboxylic acids is 2. The first-order valence-electron chi connectivity index (χ1n) is 10.8. The van der Waals surface area contributed by atoms with E-state index in [4.69, 9.17) is 20.7 Å². The lowest BCUT2D eigenvalue weighted by Gasteiger charge is -2.34. The van der Waals surface area contributed by atoms with E-state index < -0.39 is 34.2 Å². The smallest absolute Gasteiger partial charge is 0.491 e. The first kappa shape index (κ1) is 27.9. The van der Waals surface area contributed by atoms with Crippen molar-refractivity contribution in [1.29, 1.82) is 5.41 Å². The minimum Gasteiger partial charge on any atom is -0.493 e. The lowest BCUT2D eigenvalue weighted by Crippen LogP contribution is -2.50. The molecule has 0 aliphatic carbocycles. The number of hydroxylamine groups is 1. The summed E-state index contributed by atoms with van der Waals surface area (Å²) in [6, 6.07) is 9.98. The molecular weight excluding hydrogens is 521 g/mol. The van der Waals surface area contributed by atoms with Crippen LogP contribution in [0.15, 0.2) is 53.4 Å². The third kappa shape index (κ3) is 7.18. The van der Waals surface area contributed by atoms with Crippen molar-refractivity contribution in [3.05, 3.63) is 59.7 Å². The van der Waals surface area contributed by atoms with Crippen LogP contribution in [0.2, 0.25) is 0 Å². The number of carbonyl (C=O) groups is 2. The second-order valence-corrected chi connectivity index (χ2v) is 9.68. The maximum Gasteiger partial charge on any atom is 0.491 e. The third-order valence-electron chi connectivity index (χ3n) is 5.15. The molecule has 1 heterocycles. The lowest BCUT2D eigenvalue weighted by molar-refractivity contribution is -0.203. The number of nitrogens with one attached hydrogen (secondary N) is 2. The summed E-state index contributed by atoms with van der Waals surface area (Å²) in [5.74, 6) is -4.34. The molecule has 15 heteroatoms. The van der Waals surface area contributed by atoms with Crippen molar-refractivity contribution in [3.8, 4) is 5.75 Å². The number of nitrogens with zero attached hydrogens (tertiary/aromatic N) is 1. The van der Waals surface area contributed by atoms with Crippen molar-refractivity contribution in [3.63, 3.8) is 0 Å². The summed E-state index contributed by atoms with van der Waals surface area (Å²) in [5, 5.41) is 6.98. The van der Waals surface area contributed by atoms with E-state index in [2.05, 4.69) is 10.2 Å². The molecule has 0 bridgehead atoms. The van der Waals surface area contributed by atoms with Gasteiger partial charge < -0.3 is 15.2 Å². The topological polar surface area (TPSA) is 161 Å². The van der Waals surface area contributed by atoms with Gasteiger partial charge in [0.15, 0.2) is 0 Å². The molecule has 0 saturated carbocycles. The first-order valence-corrected chi connectivity index (χ1v) is 12.2. The second kappa shape index (κ2) is 11.6. The molecule has 4 N–H and O–H groups in total. The first-order chi connectivity index (χ1) is 17.4. The Morgan fingerprint density at radius 3 is 2.46 bits per heavy atom. The van der Waals surface area contributed by atoms with Crippen molar-refractivity contribution in [1.82, 2.24) is 9.79 Å². The van der Waals surface area contributed by atoms with Gasteiger partial charge in [0.25, 0.3) is 0 Å². The minimum absolute atomic E-state index is 0.189. The molecule has 0 saturated heterocycles. The van der Waals surface area contributed by atoms with E-state index in [1.165, 1.54) is 24.3 Å². The minimum atomic E-state index is -5.43. The zero-order valence-corrected chi connectivity index (χ0v) is 20.0. The maximum atomic E-state index is 13.3. The fraction of sp³-hybridized carbons (Fsp3) is 0.318. The van der Waals surface area contributed by atoms with Crippen molar-refractivity contribution >= 4 is 27.9 Å². The number of halogens is 3. The Morgan fingerprint density at radius 1 is 1.11 bits per heavy atom. The summed E-state index contributed by atoms with van der Waals surface area (Å²) in [4.78, 5) is 28.5. The molecule has 0 radical (unpaired) electrons. The second-order valence-electron chi connectivity index (χ2n) is 7.79. The summed E-state index contributed by atoms with van der Waals surface area (Å²) >= 11 is 0. The highest BCUT2D eigenvalue weighted by Crippen LogP contribution is 2.32. The van der Waals surface area contributed by atoms with Crippen molar-refractivity contribution < 1.29 is 45.5 Å². The maximum absolute atomic E-state index is 13.3. The van der Waals surface area contributed by atoms with Gasteiger partial charge in [0.2, 0.25) is 16.0 Å². The Bertz CT molecular complexity index is 1260.